The maximum Gasteiger partial charge on any atom is 0.165 e. The molecule has 1 saturated heterocycles. The van der Waals surface area contributed by atoms with E-state index in [4.69, 9.17) is 4.98 Å². The predicted octanol–water partition coefficient (Wildman–Crippen LogP) is 3.36. The summed E-state index contributed by atoms with van der Waals surface area (Å²) >= 11 is 0. The average molecular weight is 395 g/mol. The normalized spacial score (nSPS) is 17.1. The fourth-order valence-corrected chi connectivity index (χ4v) is 4.13. The molecule has 1 atom stereocenters. The van der Waals surface area contributed by atoms with Crippen LogP contribution in [0.5, 0.6) is 0 Å². The molecule has 8 nitrogen and oxygen atoms in total. The molecule has 1 N–H and O–H groups in total. The molecule has 154 valence electrons. The van der Waals surface area contributed by atoms with Gasteiger partial charge in [-0.2, -0.15) is 5.10 Å². The van der Waals surface area contributed by atoms with Crippen molar-refractivity contribution in [3.8, 4) is 11.4 Å². The number of imidazole rings is 1. The van der Waals surface area contributed by atoms with E-state index in [-0.39, 0.29) is 0 Å². The summed E-state index contributed by atoms with van der Waals surface area (Å²) < 4.78 is 4.01. The van der Waals surface area contributed by atoms with Gasteiger partial charge in [0.2, 0.25) is 0 Å². The van der Waals surface area contributed by atoms with Crippen molar-refractivity contribution in [1.29, 1.82) is 0 Å². The van der Waals surface area contributed by atoms with Crippen molar-refractivity contribution in [3.63, 3.8) is 0 Å². The lowest BCUT2D eigenvalue weighted by atomic mass is 10.0. The monoisotopic (exact) mass is 394 g/mol. The first-order valence-corrected chi connectivity index (χ1v) is 10.4. The summed E-state index contributed by atoms with van der Waals surface area (Å²) in [4.78, 5) is 16.3. The molecule has 3 aromatic rings. The number of piperidine rings is 1. The number of nitrogens with zero attached hydrogens (tertiary/aromatic N) is 7. The highest BCUT2D eigenvalue weighted by atomic mass is 15.3. The number of aromatic nitrogens is 6. The average Bonchev–Trinajstić information content (AvgIpc) is 3.27. The summed E-state index contributed by atoms with van der Waals surface area (Å²) in [6.07, 6.45) is 6.74. The summed E-state index contributed by atoms with van der Waals surface area (Å²) in [5, 5.41) is 8.09. The molecular formula is C21H30N8. The number of rotatable bonds is 6. The number of anilines is 1. The van der Waals surface area contributed by atoms with Crippen molar-refractivity contribution in [2.24, 2.45) is 7.05 Å². The van der Waals surface area contributed by atoms with Crippen LogP contribution in [0.3, 0.4) is 0 Å². The van der Waals surface area contributed by atoms with E-state index in [0.29, 0.717) is 6.04 Å². The van der Waals surface area contributed by atoms with E-state index >= 15 is 0 Å². The Morgan fingerprint density at radius 1 is 1.31 bits per heavy atom. The Balaban J connectivity index is 1.66. The molecule has 0 spiro atoms. The number of allylic oxidation sites excluding steroid dienone is 1. The first-order chi connectivity index (χ1) is 14.0. The zero-order chi connectivity index (χ0) is 20.5. The van der Waals surface area contributed by atoms with Crippen LogP contribution in [0.15, 0.2) is 24.8 Å². The second kappa shape index (κ2) is 7.85. The van der Waals surface area contributed by atoms with Crippen LogP contribution in [0.1, 0.15) is 38.8 Å². The van der Waals surface area contributed by atoms with Gasteiger partial charge in [0.25, 0.3) is 0 Å². The van der Waals surface area contributed by atoms with Gasteiger partial charge in [0.15, 0.2) is 17.0 Å². The molecule has 1 fully saturated rings. The van der Waals surface area contributed by atoms with Crippen LogP contribution in [0.25, 0.3) is 22.6 Å². The smallest absolute Gasteiger partial charge is 0.165 e. The lowest BCUT2D eigenvalue weighted by molar-refractivity contribution is 0.264. The van der Waals surface area contributed by atoms with Gasteiger partial charge in [-0.05, 0) is 33.1 Å². The molecule has 1 aliphatic heterocycles. The third-order valence-electron chi connectivity index (χ3n) is 5.92. The Morgan fingerprint density at radius 2 is 2.14 bits per heavy atom. The van der Waals surface area contributed by atoms with Crippen LogP contribution in [0, 0.1) is 6.92 Å². The van der Waals surface area contributed by atoms with Gasteiger partial charge in [-0.3, -0.25) is 4.68 Å². The number of hydrogen-bond donors (Lipinski definition) is 1. The number of aryl methyl sites for hydroxylation is 2. The lowest BCUT2D eigenvalue weighted by Crippen LogP contribution is -2.41. The highest BCUT2D eigenvalue weighted by molar-refractivity contribution is 5.86. The van der Waals surface area contributed by atoms with Crippen LogP contribution < -0.4 is 5.32 Å². The van der Waals surface area contributed by atoms with Crippen molar-refractivity contribution < 1.29 is 0 Å². The first kappa shape index (κ1) is 19.4. The third kappa shape index (κ3) is 3.47. The van der Waals surface area contributed by atoms with Gasteiger partial charge in [0.1, 0.15) is 12.2 Å². The molecule has 4 rings (SSSR count). The van der Waals surface area contributed by atoms with Gasteiger partial charge < -0.3 is 14.8 Å². The van der Waals surface area contributed by atoms with Crippen molar-refractivity contribution >= 4 is 17.0 Å². The van der Waals surface area contributed by atoms with Gasteiger partial charge in [-0.15, -0.1) is 0 Å². The van der Waals surface area contributed by atoms with Crippen molar-refractivity contribution in [1.82, 2.24) is 34.2 Å². The third-order valence-corrected chi connectivity index (χ3v) is 5.92. The topological polar surface area (TPSA) is 76.7 Å². The minimum atomic E-state index is 0.320. The summed E-state index contributed by atoms with van der Waals surface area (Å²) in [6.45, 7) is 13.4. The molecule has 0 radical (unpaired) electrons. The molecule has 0 amide bonds. The van der Waals surface area contributed by atoms with E-state index in [0.717, 1.165) is 73.0 Å². The molecule has 0 saturated carbocycles. The molecular weight excluding hydrogens is 364 g/mol. The van der Waals surface area contributed by atoms with Crippen molar-refractivity contribution in [2.75, 3.05) is 18.4 Å². The van der Waals surface area contributed by atoms with E-state index in [1.54, 1.807) is 6.33 Å². The second-order valence-electron chi connectivity index (χ2n) is 7.70. The largest absolute Gasteiger partial charge is 0.373 e. The fourth-order valence-electron chi connectivity index (χ4n) is 4.13. The minimum absolute atomic E-state index is 0.320. The van der Waals surface area contributed by atoms with Gasteiger partial charge >= 0.3 is 0 Å². The summed E-state index contributed by atoms with van der Waals surface area (Å²) in [7, 11) is 2.00. The number of hydrogen-bond acceptors (Lipinski definition) is 6. The Hall–Kier alpha value is -2.90. The Kier molecular flexibility index (Phi) is 5.25. The van der Waals surface area contributed by atoms with Gasteiger partial charge in [-0.1, -0.05) is 13.5 Å². The van der Waals surface area contributed by atoms with Gasteiger partial charge in [0, 0.05) is 44.1 Å². The summed E-state index contributed by atoms with van der Waals surface area (Å²) in [5.74, 6) is 1.66. The maximum absolute atomic E-state index is 4.92. The van der Waals surface area contributed by atoms with Crippen LogP contribution in [0.2, 0.25) is 0 Å². The Bertz CT molecular complexity index is 1030. The van der Waals surface area contributed by atoms with Crippen LogP contribution >= 0.6 is 0 Å². The predicted molar refractivity (Wildman–Crippen MR) is 116 cm³/mol. The quantitative estimate of drug-likeness (QED) is 0.691. The molecule has 3 aromatic heterocycles. The van der Waals surface area contributed by atoms with Gasteiger partial charge in [-0.25, -0.2) is 15.0 Å². The van der Waals surface area contributed by atoms with Crippen molar-refractivity contribution in [2.45, 2.75) is 52.6 Å². The molecule has 0 aromatic carbocycles. The van der Waals surface area contributed by atoms with E-state index in [9.17, 15) is 0 Å². The highest BCUT2D eigenvalue weighted by Gasteiger charge is 2.23. The Labute approximate surface area is 171 Å². The van der Waals surface area contributed by atoms with E-state index in [2.05, 4.69) is 52.6 Å². The van der Waals surface area contributed by atoms with E-state index < -0.39 is 0 Å². The number of nitrogens with one attached hydrogen (secondary N) is 1. The lowest BCUT2D eigenvalue weighted by Gasteiger charge is -2.35. The standard InChI is InChI=1S/C21H30N8/c1-6-14(3)28-10-8-9-16(12-28)25-19-18-21(23-13-22-19)27(5)20(26-18)17-11-24-29(7-2)15(17)4/h11,13,16H,3,6-10,12H2,1-2,4-5H3,(H,22,23,25). The van der Waals surface area contributed by atoms with Crippen LogP contribution in [-0.2, 0) is 13.6 Å². The second-order valence-corrected chi connectivity index (χ2v) is 7.70. The van der Waals surface area contributed by atoms with Gasteiger partial charge in [0.05, 0.1) is 11.8 Å². The van der Waals surface area contributed by atoms with E-state index in [1.807, 2.05) is 22.5 Å². The van der Waals surface area contributed by atoms with Crippen LogP contribution in [-0.4, -0.2) is 53.3 Å². The molecule has 1 unspecified atom stereocenters. The van der Waals surface area contributed by atoms with Crippen molar-refractivity contribution in [3.05, 3.63) is 30.5 Å². The van der Waals surface area contributed by atoms with E-state index in [1.165, 1.54) is 5.70 Å². The first-order valence-electron chi connectivity index (χ1n) is 10.4. The molecule has 8 heteroatoms. The number of fused-ring (bicyclic) bond motifs is 1. The minimum Gasteiger partial charge on any atom is -0.373 e. The maximum atomic E-state index is 4.92. The zero-order valence-corrected chi connectivity index (χ0v) is 17.8. The molecule has 29 heavy (non-hydrogen) atoms. The Morgan fingerprint density at radius 3 is 2.86 bits per heavy atom. The summed E-state index contributed by atoms with van der Waals surface area (Å²) in [6, 6.07) is 0.320. The summed E-state index contributed by atoms with van der Waals surface area (Å²) in [5.41, 5.74) is 4.97. The molecule has 1 aliphatic rings. The van der Waals surface area contributed by atoms with Crippen LogP contribution in [0.4, 0.5) is 5.82 Å². The zero-order valence-electron chi connectivity index (χ0n) is 17.8. The fraction of sp³-hybridized carbons (Fsp3) is 0.524. The molecule has 0 aliphatic carbocycles. The SMILES string of the molecule is C=C(CC)N1CCCC(Nc2ncnc3c2nc(-c2cnn(CC)c2C)n3C)C1. The molecule has 0 bridgehead atoms. The highest BCUT2D eigenvalue weighted by Crippen LogP contribution is 2.29. The number of likely N-dealkylation sites (tertiary alicyclic amines) is 1. The molecule has 4 heterocycles.